The van der Waals surface area contributed by atoms with E-state index in [1.807, 2.05) is 30.3 Å². The number of aromatic nitrogens is 1. The van der Waals surface area contributed by atoms with Crippen LogP contribution in [0.3, 0.4) is 0 Å². The molecule has 0 aliphatic carbocycles. The Morgan fingerprint density at radius 2 is 2.05 bits per heavy atom. The van der Waals surface area contributed by atoms with Crippen LogP contribution >= 0.6 is 11.3 Å². The summed E-state index contributed by atoms with van der Waals surface area (Å²) in [5.41, 5.74) is 1.78. The predicted octanol–water partition coefficient (Wildman–Crippen LogP) is 2.88. The van der Waals surface area contributed by atoms with Crippen molar-refractivity contribution in [2.45, 2.75) is 32.7 Å². The molecule has 1 aromatic heterocycles. The smallest absolute Gasteiger partial charge is 0.304 e. The summed E-state index contributed by atoms with van der Waals surface area (Å²) in [4.78, 5) is 26.2. The summed E-state index contributed by atoms with van der Waals surface area (Å²) in [6.07, 6.45) is 0.933. The van der Waals surface area contributed by atoms with E-state index >= 15 is 0 Å². The van der Waals surface area contributed by atoms with Crippen molar-refractivity contribution in [3.05, 3.63) is 56.6 Å². The molecule has 0 fully saturated rings. The number of benzene rings is 1. The summed E-state index contributed by atoms with van der Waals surface area (Å²) < 4.78 is 0. The van der Waals surface area contributed by atoms with Gasteiger partial charge in [-0.3, -0.25) is 9.59 Å². The quantitative estimate of drug-likeness (QED) is 0.862. The summed E-state index contributed by atoms with van der Waals surface area (Å²) in [5.74, 6) is 0.0954. The van der Waals surface area contributed by atoms with Gasteiger partial charge in [-0.15, -0.1) is 0 Å². The standard InChI is InChI=1S/C16H20N2O2S/c1-3-11(2)14(12-7-5-4-6-8-12)15(19)17-9-13-10-21-16(20)18-13/h4-8,10-11,14H,3,9H2,1-2H3,(H,17,19)(H,18,20)/t11-,14-/m1/s1. The molecule has 2 atom stereocenters. The number of nitrogens with one attached hydrogen (secondary N) is 2. The maximum Gasteiger partial charge on any atom is 0.304 e. The van der Waals surface area contributed by atoms with Crippen LogP contribution in [0.2, 0.25) is 0 Å². The lowest BCUT2D eigenvalue weighted by Crippen LogP contribution is -2.32. The van der Waals surface area contributed by atoms with Crippen LogP contribution in [0.4, 0.5) is 0 Å². The zero-order chi connectivity index (χ0) is 15.2. The third kappa shape index (κ3) is 4.04. The van der Waals surface area contributed by atoms with Gasteiger partial charge in [0.2, 0.25) is 5.91 Å². The zero-order valence-electron chi connectivity index (χ0n) is 12.3. The minimum absolute atomic E-state index is 0.00241. The van der Waals surface area contributed by atoms with Crippen LogP contribution in [-0.4, -0.2) is 10.9 Å². The second-order valence-corrected chi connectivity index (χ2v) is 6.01. The highest BCUT2D eigenvalue weighted by Gasteiger charge is 2.25. The van der Waals surface area contributed by atoms with Crippen molar-refractivity contribution < 1.29 is 4.79 Å². The van der Waals surface area contributed by atoms with Crippen LogP contribution < -0.4 is 10.2 Å². The third-order valence-corrected chi connectivity index (χ3v) is 4.40. The molecule has 0 aliphatic rings. The van der Waals surface area contributed by atoms with Gasteiger partial charge in [0.25, 0.3) is 0 Å². The molecule has 112 valence electrons. The van der Waals surface area contributed by atoms with E-state index in [0.717, 1.165) is 29.0 Å². The fourth-order valence-electron chi connectivity index (χ4n) is 2.33. The number of carbonyl (C=O) groups excluding carboxylic acids is 1. The van der Waals surface area contributed by atoms with Crippen molar-refractivity contribution in [1.29, 1.82) is 0 Å². The fourth-order valence-corrected chi connectivity index (χ4v) is 2.91. The molecule has 1 aromatic carbocycles. The highest BCUT2D eigenvalue weighted by Crippen LogP contribution is 2.27. The number of H-pyrrole nitrogens is 1. The van der Waals surface area contributed by atoms with Crippen molar-refractivity contribution in [1.82, 2.24) is 10.3 Å². The van der Waals surface area contributed by atoms with Gasteiger partial charge in [0, 0.05) is 11.1 Å². The summed E-state index contributed by atoms with van der Waals surface area (Å²) in [6.45, 7) is 4.53. The maximum absolute atomic E-state index is 12.5. The monoisotopic (exact) mass is 304 g/mol. The normalized spacial score (nSPS) is 13.6. The Morgan fingerprint density at radius 1 is 1.33 bits per heavy atom. The van der Waals surface area contributed by atoms with Gasteiger partial charge < -0.3 is 10.3 Å². The van der Waals surface area contributed by atoms with Crippen LogP contribution in [0.25, 0.3) is 0 Å². The molecule has 0 unspecified atom stereocenters. The maximum atomic E-state index is 12.5. The SMILES string of the molecule is CC[C@@H](C)[C@@H](C(=O)NCc1csc(=O)[nH]1)c1ccccc1. The number of aromatic amines is 1. The molecule has 1 amide bonds. The molecule has 4 nitrogen and oxygen atoms in total. The van der Waals surface area contributed by atoms with E-state index in [1.165, 1.54) is 0 Å². The molecule has 0 bridgehead atoms. The molecule has 1 heterocycles. The number of hydrogen-bond donors (Lipinski definition) is 2. The van der Waals surface area contributed by atoms with Crippen LogP contribution in [-0.2, 0) is 11.3 Å². The number of hydrogen-bond acceptors (Lipinski definition) is 3. The molecule has 2 rings (SSSR count). The van der Waals surface area contributed by atoms with Crippen molar-refractivity contribution >= 4 is 17.2 Å². The van der Waals surface area contributed by atoms with Crippen LogP contribution in [0.1, 0.15) is 37.4 Å². The molecule has 0 spiro atoms. The number of amides is 1. The Morgan fingerprint density at radius 3 is 2.62 bits per heavy atom. The molecule has 0 aliphatic heterocycles. The number of thiazole rings is 1. The van der Waals surface area contributed by atoms with E-state index in [4.69, 9.17) is 0 Å². The Balaban J connectivity index is 2.09. The lowest BCUT2D eigenvalue weighted by atomic mass is 9.85. The topological polar surface area (TPSA) is 62.0 Å². The first-order chi connectivity index (χ1) is 10.1. The van der Waals surface area contributed by atoms with E-state index < -0.39 is 0 Å². The van der Waals surface area contributed by atoms with Gasteiger partial charge in [-0.05, 0) is 11.5 Å². The van der Waals surface area contributed by atoms with Crippen molar-refractivity contribution in [3.8, 4) is 0 Å². The average Bonchev–Trinajstić information content (AvgIpc) is 2.92. The van der Waals surface area contributed by atoms with Gasteiger partial charge in [-0.1, -0.05) is 61.9 Å². The van der Waals surface area contributed by atoms with E-state index in [-0.39, 0.29) is 22.6 Å². The second-order valence-electron chi connectivity index (χ2n) is 5.17. The van der Waals surface area contributed by atoms with Crippen molar-refractivity contribution in [3.63, 3.8) is 0 Å². The Bertz CT molecular complexity index is 633. The van der Waals surface area contributed by atoms with Crippen LogP contribution in [0.15, 0.2) is 40.5 Å². The van der Waals surface area contributed by atoms with E-state index in [1.54, 1.807) is 5.38 Å². The largest absolute Gasteiger partial charge is 0.350 e. The highest BCUT2D eigenvalue weighted by molar-refractivity contribution is 7.07. The molecule has 0 saturated carbocycles. The molecule has 21 heavy (non-hydrogen) atoms. The second kappa shape index (κ2) is 7.22. The van der Waals surface area contributed by atoms with Gasteiger partial charge in [0.1, 0.15) is 0 Å². The summed E-state index contributed by atoms with van der Waals surface area (Å²) in [6, 6.07) is 9.83. The van der Waals surface area contributed by atoms with E-state index in [2.05, 4.69) is 24.1 Å². The van der Waals surface area contributed by atoms with Crippen LogP contribution in [0, 0.1) is 5.92 Å². The van der Waals surface area contributed by atoms with E-state index in [9.17, 15) is 9.59 Å². The molecule has 0 radical (unpaired) electrons. The molecule has 2 N–H and O–H groups in total. The Kier molecular flexibility index (Phi) is 5.33. The average molecular weight is 304 g/mol. The molecular weight excluding hydrogens is 284 g/mol. The molecule has 0 saturated heterocycles. The summed E-state index contributed by atoms with van der Waals surface area (Å²) in [7, 11) is 0. The van der Waals surface area contributed by atoms with Gasteiger partial charge in [0.05, 0.1) is 12.5 Å². The van der Waals surface area contributed by atoms with Gasteiger partial charge >= 0.3 is 4.87 Å². The summed E-state index contributed by atoms with van der Waals surface area (Å²) in [5, 5.41) is 4.66. The minimum atomic E-state index is -0.165. The first-order valence-electron chi connectivity index (χ1n) is 7.11. The third-order valence-electron chi connectivity index (χ3n) is 3.68. The van der Waals surface area contributed by atoms with Crippen molar-refractivity contribution in [2.24, 2.45) is 5.92 Å². The Hall–Kier alpha value is -1.88. The van der Waals surface area contributed by atoms with Crippen LogP contribution in [0.5, 0.6) is 0 Å². The predicted molar refractivity (Wildman–Crippen MR) is 85.4 cm³/mol. The zero-order valence-corrected chi connectivity index (χ0v) is 13.1. The molecular formula is C16H20N2O2S. The van der Waals surface area contributed by atoms with E-state index in [0.29, 0.717) is 6.54 Å². The molecule has 5 heteroatoms. The summed E-state index contributed by atoms with van der Waals surface area (Å²) >= 11 is 1.11. The first-order valence-corrected chi connectivity index (χ1v) is 7.99. The number of carbonyl (C=O) groups is 1. The van der Waals surface area contributed by atoms with Gasteiger partial charge in [-0.2, -0.15) is 0 Å². The Labute approximate surface area is 128 Å². The van der Waals surface area contributed by atoms with Crippen molar-refractivity contribution in [2.75, 3.05) is 0 Å². The first kappa shape index (κ1) is 15.5. The lowest BCUT2D eigenvalue weighted by molar-refractivity contribution is -0.123. The number of rotatable bonds is 6. The minimum Gasteiger partial charge on any atom is -0.350 e. The lowest BCUT2D eigenvalue weighted by Gasteiger charge is -2.22. The molecule has 2 aromatic rings. The fraction of sp³-hybridized carbons (Fsp3) is 0.375. The van der Waals surface area contributed by atoms with Gasteiger partial charge in [0.15, 0.2) is 0 Å². The van der Waals surface area contributed by atoms with Gasteiger partial charge in [-0.25, -0.2) is 0 Å². The highest BCUT2D eigenvalue weighted by atomic mass is 32.1.